The number of aliphatic imine (C=N–C) groups is 1. The molecular formula is C17H22BrFN6O4S. The molecule has 1 aliphatic rings. The van der Waals surface area contributed by atoms with Crippen molar-refractivity contribution in [3.63, 3.8) is 0 Å². The Labute approximate surface area is 181 Å². The van der Waals surface area contributed by atoms with Crippen LogP contribution in [0.25, 0.3) is 0 Å². The van der Waals surface area contributed by atoms with Crippen molar-refractivity contribution in [3.05, 3.63) is 34.2 Å². The van der Waals surface area contributed by atoms with Crippen molar-refractivity contribution in [1.82, 2.24) is 15.8 Å². The molecule has 2 aromatic rings. The zero-order valence-corrected chi connectivity index (χ0v) is 18.3. The largest absolute Gasteiger partial charge is 0.365 e. The molecule has 0 bridgehead atoms. The summed E-state index contributed by atoms with van der Waals surface area (Å²) in [7, 11) is -3.59. The molecular weight excluding hydrogens is 483 g/mol. The third-order valence-corrected chi connectivity index (χ3v) is 7.10. The molecule has 1 saturated carbocycles. The van der Waals surface area contributed by atoms with Gasteiger partial charge in [-0.3, -0.25) is 10.7 Å². The van der Waals surface area contributed by atoms with Crippen LogP contribution in [0.2, 0.25) is 0 Å². The summed E-state index contributed by atoms with van der Waals surface area (Å²) in [5.74, 6) is -0.333. The van der Waals surface area contributed by atoms with E-state index in [4.69, 9.17) is 9.77 Å². The van der Waals surface area contributed by atoms with Crippen LogP contribution in [0.1, 0.15) is 37.8 Å². The Kier molecular flexibility index (Phi) is 7.39. The summed E-state index contributed by atoms with van der Waals surface area (Å²) >= 11 is 3.07. The van der Waals surface area contributed by atoms with Gasteiger partial charge in [-0.2, -0.15) is 0 Å². The van der Waals surface area contributed by atoms with E-state index in [-0.39, 0.29) is 27.7 Å². The molecule has 164 valence electrons. The number of rotatable bonds is 7. The number of amidine groups is 1. The molecule has 3 rings (SSSR count). The number of benzene rings is 1. The second-order valence-electron chi connectivity index (χ2n) is 7.02. The number of hydrogen-bond donors (Lipinski definition) is 4. The number of hydrogen-bond acceptors (Lipinski definition) is 8. The van der Waals surface area contributed by atoms with Crippen molar-refractivity contribution in [2.75, 3.05) is 11.9 Å². The van der Waals surface area contributed by atoms with Crippen molar-refractivity contribution in [3.8, 4) is 0 Å². The summed E-state index contributed by atoms with van der Waals surface area (Å²) in [5.41, 5.74) is 2.41. The van der Waals surface area contributed by atoms with Gasteiger partial charge in [-0.15, -0.1) is 0 Å². The maximum atomic E-state index is 13.4. The Morgan fingerprint density at radius 2 is 2.13 bits per heavy atom. The monoisotopic (exact) mass is 504 g/mol. The lowest BCUT2D eigenvalue weighted by atomic mass is 9.86. The fraction of sp³-hybridized carbons (Fsp3) is 0.471. The van der Waals surface area contributed by atoms with Crippen LogP contribution in [-0.2, 0) is 10.0 Å². The van der Waals surface area contributed by atoms with Crippen LogP contribution in [-0.4, -0.2) is 41.6 Å². The highest BCUT2D eigenvalue weighted by Gasteiger charge is 2.33. The molecule has 1 heterocycles. The maximum Gasteiger partial charge on any atom is 0.212 e. The average Bonchev–Trinajstić information content (AvgIpc) is 3.17. The molecule has 30 heavy (non-hydrogen) atoms. The number of hydroxylamine groups is 1. The van der Waals surface area contributed by atoms with Gasteiger partial charge in [0.1, 0.15) is 5.82 Å². The molecule has 0 radical (unpaired) electrons. The van der Waals surface area contributed by atoms with E-state index in [0.717, 1.165) is 19.3 Å². The summed E-state index contributed by atoms with van der Waals surface area (Å²) < 4.78 is 42.0. The smallest absolute Gasteiger partial charge is 0.212 e. The minimum atomic E-state index is -3.59. The van der Waals surface area contributed by atoms with Crippen molar-refractivity contribution in [2.45, 2.75) is 37.4 Å². The van der Waals surface area contributed by atoms with E-state index >= 15 is 0 Å². The van der Waals surface area contributed by atoms with E-state index in [1.165, 1.54) is 18.2 Å². The average molecular weight is 505 g/mol. The van der Waals surface area contributed by atoms with Crippen LogP contribution in [0, 0.1) is 11.7 Å². The summed E-state index contributed by atoms with van der Waals surface area (Å²) in [5, 5.41) is 24.8. The highest BCUT2D eigenvalue weighted by Crippen LogP contribution is 2.31. The molecule has 5 N–H and O–H groups in total. The van der Waals surface area contributed by atoms with Gasteiger partial charge in [-0.05, 0) is 69.6 Å². The zero-order valence-electron chi connectivity index (χ0n) is 15.9. The third kappa shape index (κ3) is 5.53. The summed E-state index contributed by atoms with van der Waals surface area (Å²) in [6, 6.07) is 4.09. The number of sulfonamides is 1. The molecule has 0 spiro atoms. The van der Waals surface area contributed by atoms with Crippen LogP contribution >= 0.6 is 15.9 Å². The first-order chi connectivity index (χ1) is 14.3. The first kappa shape index (κ1) is 22.6. The maximum absolute atomic E-state index is 13.4. The number of anilines is 1. The molecule has 0 saturated heterocycles. The van der Waals surface area contributed by atoms with Crippen molar-refractivity contribution < 1.29 is 22.6 Å². The van der Waals surface area contributed by atoms with Crippen molar-refractivity contribution in [2.24, 2.45) is 16.0 Å². The van der Waals surface area contributed by atoms with Gasteiger partial charge in [0.25, 0.3) is 0 Å². The first-order valence-corrected chi connectivity index (χ1v) is 11.7. The number of halogens is 2. The van der Waals surface area contributed by atoms with Crippen LogP contribution in [0.4, 0.5) is 15.9 Å². The van der Waals surface area contributed by atoms with Crippen LogP contribution in [0.3, 0.4) is 0 Å². The van der Waals surface area contributed by atoms with Gasteiger partial charge in [0, 0.05) is 6.54 Å². The van der Waals surface area contributed by atoms with Gasteiger partial charge in [0.05, 0.1) is 15.4 Å². The summed E-state index contributed by atoms with van der Waals surface area (Å²) in [6.45, 7) is 0.401. The zero-order chi connectivity index (χ0) is 21.7. The lowest BCUT2D eigenvalue weighted by molar-refractivity contribution is 0.234. The van der Waals surface area contributed by atoms with Crippen LogP contribution in [0.15, 0.2) is 32.3 Å². The summed E-state index contributed by atoms with van der Waals surface area (Å²) in [4.78, 5) is 4.18. The quantitative estimate of drug-likeness (QED) is 0.254. The van der Waals surface area contributed by atoms with E-state index in [1.54, 1.807) is 0 Å². The second-order valence-corrected chi connectivity index (χ2v) is 9.66. The Bertz CT molecular complexity index is 1020. The summed E-state index contributed by atoms with van der Waals surface area (Å²) in [6.07, 6.45) is 3.74. The molecule has 2 atom stereocenters. The van der Waals surface area contributed by atoms with Gasteiger partial charge < -0.3 is 5.32 Å². The number of nitrogens with two attached hydrogens (primary N) is 1. The molecule has 0 amide bonds. The van der Waals surface area contributed by atoms with E-state index in [1.807, 2.05) is 5.48 Å². The number of primary sulfonamides is 1. The number of aromatic nitrogens is 2. The highest BCUT2D eigenvalue weighted by atomic mass is 79.9. The molecule has 1 aromatic carbocycles. The molecule has 0 aliphatic heterocycles. The Morgan fingerprint density at radius 1 is 1.37 bits per heavy atom. The fourth-order valence-corrected chi connectivity index (χ4v) is 5.26. The predicted molar refractivity (Wildman–Crippen MR) is 111 cm³/mol. The topological polar surface area (TPSA) is 156 Å². The number of nitrogens with one attached hydrogen (secondary N) is 2. The van der Waals surface area contributed by atoms with Gasteiger partial charge in [0.15, 0.2) is 11.5 Å². The minimum absolute atomic E-state index is 0.0507. The lowest BCUT2D eigenvalue weighted by Crippen LogP contribution is -2.38. The van der Waals surface area contributed by atoms with Gasteiger partial charge in [-0.1, -0.05) is 12.8 Å². The van der Waals surface area contributed by atoms with Gasteiger partial charge in [-0.25, -0.2) is 27.6 Å². The molecule has 13 heteroatoms. The normalized spacial score (nSPS) is 20.2. The highest BCUT2D eigenvalue weighted by molar-refractivity contribution is 9.10. The second kappa shape index (κ2) is 9.81. The van der Waals surface area contributed by atoms with Crippen molar-refractivity contribution >= 4 is 43.3 Å². The SMILES string of the molecule is NS(=O)(=O)C1CCCCC1CCNc1nonc1C(=Nc1ccc(F)c(Br)c1)NO. The van der Waals surface area contributed by atoms with Gasteiger partial charge >= 0.3 is 0 Å². The Balaban J connectivity index is 1.69. The van der Waals surface area contributed by atoms with E-state index in [0.29, 0.717) is 25.1 Å². The molecule has 1 aromatic heterocycles. The van der Waals surface area contributed by atoms with E-state index < -0.39 is 21.1 Å². The standard InChI is InChI=1S/C17H22BrFN6O4S/c18-12-9-11(5-6-13(12)19)22-17(23-26)15-16(25-29-24-15)21-8-7-10-3-1-2-4-14(10)30(20,27)28/h5-6,9-10,14,26H,1-4,7-8H2,(H,21,25)(H,22,23)(H2,20,27,28). The third-order valence-electron chi connectivity index (χ3n) is 5.03. The first-order valence-electron chi connectivity index (χ1n) is 9.32. The number of nitrogens with zero attached hydrogens (tertiary/aromatic N) is 3. The molecule has 1 aliphatic carbocycles. The molecule has 10 nitrogen and oxygen atoms in total. The van der Waals surface area contributed by atoms with E-state index in [2.05, 4.69) is 36.6 Å². The lowest BCUT2D eigenvalue weighted by Gasteiger charge is -2.29. The van der Waals surface area contributed by atoms with E-state index in [9.17, 15) is 18.0 Å². The molecule has 2 unspecified atom stereocenters. The van der Waals surface area contributed by atoms with Gasteiger partial charge in [0.2, 0.25) is 15.8 Å². The minimum Gasteiger partial charge on any atom is -0.365 e. The fourth-order valence-electron chi connectivity index (χ4n) is 3.59. The Morgan fingerprint density at radius 3 is 2.83 bits per heavy atom. The van der Waals surface area contributed by atoms with Crippen LogP contribution < -0.4 is 15.9 Å². The predicted octanol–water partition coefficient (Wildman–Crippen LogP) is 2.68. The van der Waals surface area contributed by atoms with Crippen LogP contribution in [0.5, 0.6) is 0 Å². The molecule has 1 fully saturated rings. The Hall–Kier alpha value is -2.09. The van der Waals surface area contributed by atoms with Crippen molar-refractivity contribution in [1.29, 1.82) is 0 Å².